The van der Waals surface area contributed by atoms with E-state index in [1.807, 2.05) is 0 Å². The lowest BCUT2D eigenvalue weighted by Gasteiger charge is -2.44. The average Bonchev–Trinajstić information content (AvgIpc) is 2.89. The highest BCUT2D eigenvalue weighted by atomic mass is 35.5. The fourth-order valence-corrected chi connectivity index (χ4v) is 9.93. The minimum atomic E-state index is -4.46. The van der Waals surface area contributed by atoms with E-state index in [9.17, 15) is 29.6 Å². The van der Waals surface area contributed by atoms with Crippen molar-refractivity contribution in [2.75, 3.05) is 18.6 Å². The van der Waals surface area contributed by atoms with Crippen molar-refractivity contribution in [1.29, 1.82) is 0 Å². The summed E-state index contributed by atoms with van der Waals surface area (Å²) in [5, 5.41) is 0.263. The second kappa shape index (κ2) is 11.7. The maximum absolute atomic E-state index is 15.4. The van der Waals surface area contributed by atoms with Crippen LogP contribution in [-0.2, 0) is 38.7 Å². The molecule has 1 aliphatic carbocycles. The molecule has 3 aromatic rings. The van der Waals surface area contributed by atoms with Crippen molar-refractivity contribution in [3.8, 4) is 0 Å². The molecule has 13 heteroatoms. The second-order valence-corrected chi connectivity index (χ2v) is 17.0. The molecule has 0 bridgehead atoms. The molecule has 222 valence electrons. The molecule has 3 aromatic carbocycles. The summed E-state index contributed by atoms with van der Waals surface area (Å²) in [5.41, 5.74) is 0.399. The minimum Gasteiger partial charge on any atom is -0.266 e. The summed E-state index contributed by atoms with van der Waals surface area (Å²) < 4.78 is 112. The summed E-state index contributed by atoms with van der Waals surface area (Å²) in [4.78, 5) is -0.325. The molecule has 41 heavy (non-hydrogen) atoms. The lowest BCUT2D eigenvalue weighted by molar-refractivity contribution is 0.138. The molecule has 0 aromatic heterocycles. The van der Waals surface area contributed by atoms with E-state index in [1.54, 1.807) is 19.1 Å². The largest absolute Gasteiger partial charge is 0.296 e. The van der Waals surface area contributed by atoms with Gasteiger partial charge in [0.05, 0.1) is 22.2 Å². The summed E-state index contributed by atoms with van der Waals surface area (Å²) in [6.45, 7) is 1.21. The summed E-state index contributed by atoms with van der Waals surface area (Å²) in [7, 11) is -12.3. The summed E-state index contributed by atoms with van der Waals surface area (Å²) in [5.74, 6) is -3.86. The van der Waals surface area contributed by atoms with E-state index in [-0.39, 0.29) is 33.4 Å². The standard InChI is InChI=1S/C28H29ClF2O7S3/c1-19-3-8-25(9-4-19)41(36,37)38-17-21-16-28(14-13-20(21)18-39(2,32)33,26-15-23(30)7-12-27(26)31)40(34,35)24-10-5-22(29)6-11-24/h3-12,15,20-21H,13-14,16-18H2,1-2H3/t20-,21+,28-/m1/s1. The molecule has 0 aliphatic heterocycles. The van der Waals surface area contributed by atoms with Gasteiger partial charge in [-0.3, -0.25) is 4.18 Å². The van der Waals surface area contributed by atoms with Crippen molar-refractivity contribution in [2.45, 2.75) is 40.7 Å². The van der Waals surface area contributed by atoms with Gasteiger partial charge in [0, 0.05) is 16.8 Å². The number of aryl methyl sites for hydroxylation is 1. The highest BCUT2D eigenvalue weighted by Gasteiger charge is 2.53. The summed E-state index contributed by atoms with van der Waals surface area (Å²) >= 11 is 5.96. The summed E-state index contributed by atoms with van der Waals surface area (Å²) in [6.07, 6.45) is 0.336. The third kappa shape index (κ3) is 6.83. The van der Waals surface area contributed by atoms with E-state index < -0.39 is 76.6 Å². The Hall–Kier alpha value is -2.38. The van der Waals surface area contributed by atoms with Gasteiger partial charge in [0.25, 0.3) is 10.1 Å². The van der Waals surface area contributed by atoms with Crippen molar-refractivity contribution < 1.29 is 38.2 Å². The number of sulfone groups is 2. The minimum absolute atomic E-state index is 0.0333. The zero-order valence-electron chi connectivity index (χ0n) is 22.3. The van der Waals surface area contributed by atoms with Crippen LogP contribution in [0.5, 0.6) is 0 Å². The van der Waals surface area contributed by atoms with Gasteiger partial charge in [-0.2, -0.15) is 8.42 Å². The average molecular weight is 647 g/mol. The van der Waals surface area contributed by atoms with Crippen LogP contribution in [0, 0.1) is 30.4 Å². The van der Waals surface area contributed by atoms with Gasteiger partial charge in [-0.25, -0.2) is 25.6 Å². The van der Waals surface area contributed by atoms with Crippen LogP contribution in [0.4, 0.5) is 8.78 Å². The third-order valence-electron chi connectivity index (χ3n) is 7.50. The first-order valence-electron chi connectivity index (χ1n) is 12.6. The molecule has 4 rings (SSSR count). The molecule has 3 atom stereocenters. The normalized spacial score (nSPS) is 22.0. The molecule has 1 fully saturated rings. The maximum atomic E-state index is 15.4. The Morgan fingerprint density at radius 1 is 0.878 bits per heavy atom. The van der Waals surface area contributed by atoms with Crippen LogP contribution < -0.4 is 0 Å². The van der Waals surface area contributed by atoms with Crippen LogP contribution >= 0.6 is 11.6 Å². The molecule has 1 saturated carbocycles. The quantitative estimate of drug-likeness (QED) is 0.284. The molecule has 0 saturated heterocycles. The lowest BCUT2D eigenvalue weighted by Crippen LogP contribution is -2.46. The number of halogens is 3. The zero-order valence-corrected chi connectivity index (χ0v) is 25.5. The van der Waals surface area contributed by atoms with Crippen molar-refractivity contribution >= 4 is 41.4 Å². The van der Waals surface area contributed by atoms with E-state index in [1.165, 1.54) is 36.4 Å². The van der Waals surface area contributed by atoms with Crippen LogP contribution in [0.1, 0.15) is 30.4 Å². The highest BCUT2D eigenvalue weighted by molar-refractivity contribution is 7.92. The topological polar surface area (TPSA) is 112 Å². The van der Waals surface area contributed by atoms with Crippen LogP contribution in [0.15, 0.2) is 76.5 Å². The van der Waals surface area contributed by atoms with Crippen molar-refractivity contribution in [3.63, 3.8) is 0 Å². The van der Waals surface area contributed by atoms with E-state index >= 15 is 4.39 Å². The Morgan fingerprint density at radius 3 is 2.10 bits per heavy atom. The van der Waals surface area contributed by atoms with E-state index in [0.29, 0.717) is 0 Å². The molecule has 0 unspecified atom stereocenters. The fraction of sp³-hybridized carbons (Fsp3) is 0.357. The Balaban J connectivity index is 1.82. The van der Waals surface area contributed by atoms with Gasteiger partial charge in [-0.15, -0.1) is 0 Å². The molecule has 1 aliphatic rings. The zero-order chi connectivity index (χ0) is 30.2. The monoisotopic (exact) mass is 646 g/mol. The first-order valence-corrected chi connectivity index (χ1v) is 18.0. The molecular weight excluding hydrogens is 618 g/mol. The number of benzene rings is 3. The molecule has 0 amide bonds. The van der Waals surface area contributed by atoms with E-state index in [0.717, 1.165) is 30.0 Å². The van der Waals surface area contributed by atoms with E-state index in [2.05, 4.69) is 0 Å². The lowest BCUT2D eigenvalue weighted by atomic mass is 9.72. The van der Waals surface area contributed by atoms with Gasteiger partial charge in [0.2, 0.25) is 0 Å². The van der Waals surface area contributed by atoms with Gasteiger partial charge in [0.15, 0.2) is 9.84 Å². The van der Waals surface area contributed by atoms with Crippen molar-refractivity contribution in [1.82, 2.24) is 0 Å². The van der Waals surface area contributed by atoms with Gasteiger partial charge in [-0.05, 0) is 92.6 Å². The van der Waals surface area contributed by atoms with Crippen LogP contribution in [0.25, 0.3) is 0 Å². The maximum Gasteiger partial charge on any atom is 0.296 e. The molecule has 0 N–H and O–H groups in total. The number of hydrogen-bond donors (Lipinski definition) is 0. The predicted octanol–water partition coefficient (Wildman–Crippen LogP) is 5.46. The molecule has 0 spiro atoms. The van der Waals surface area contributed by atoms with Crippen molar-refractivity contribution in [3.05, 3.63) is 94.5 Å². The van der Waals surface area contributed by atoms with Gasteiger partial charge >= 0.3 is 0 Å². The molecule has 0 heterocycles. The number of rotatable bonds is 9. The Kier molecular flexibility index (Phi) is 9.02. The van der Waals surface area contributed by atoms with Gasteiger partial charge in [0.1, 0.15) is 26.2 Å². The van der Waals surface area contributed by atoms with Crippen LogP contribution in [0.2, 0.25) is 5.02 Å². The predicted molar refractivity (Wildman–Crippen MR) is 152 cm³/mol. The Bertz CT molecular complexity index is 1740. The fourth-order valence-electron chi connectivity index (χ4n) is 5.42. The van der Waals surface area contributed by atoms with Gasteiger partial charge < -0.3 is 0 Å². The van der Waals surface area contributed by atoms with Crippen molar-refractivity contribution in [2.24, 2.45) is 11.8 Å². The van der Waals surface area contributed by atoms with Crippen LogP contribution in [-0.4, -0.2) is 43.9 Å². The number of hydrogen-bond acceptors (Lipinski definition) is 7. The molecule has 0 radical (unpaired) electrons. The molecular formula is C28H29ClF2O7S3. The van der Waals surface area contributed by atoms with Gasteiger partial charge in [-0.1, -0.05) is 29.3 Å². The van der Waals surface area contributed by atoms with E-state index in [4.69, 9.17) is 15.8 Å². The molecule has 7 nitrogen and oxygen atoms in total. The SMILES string of the molecule is Cc1ccc(S(=O)(=O)OC[C@@H]2C[C@](c3cc(F)ccc3F)(S(=O)(=O)c3ccc(Cl)cc3)CC[C@@H]2CS(C)(=O)=O)cc1. The smallest absolute Gasteiger partial charge is 0.266 e. The first kappa shape index (κ1) is 31.6. The first-order chi connectivity index (χ1) is 19.0. The van der Waals surface area contributed by atoms with Crippen LogP contribution in [0.3, 0.4) is 0 Å². The third-order valence-corrected chi connectivity index (χ3v) is 12.6. The highest BCUT2D eigenvalue weighted by Crippen LogP contribution is 2.51. The Morgan fingerprint density at radius 2 is 1.49 bits per heavy atom. The summed E-state index contributed by atoms with van der Waals surface area (Å²) in [6, 6.07) is 13.6. The second-order valence-electron chi connectivity index (χ2n) is 10.5. The Labute approximate surface area is 244 Å².